The summed E-state index contributed by atoms with van der Waals surface area (Å²) >= 11 is 0. The first-order chi connectivity index (χ1) is 11.9. The average Bonchev–Trinajstić information content (AvgIpc) is 2.82. The summed E-state index contributed by atoms with van der Waals surface area (Å²) in [5, 5.41) is 13.1. The predicted octanol–water partition coefficient (Wildman–Crippen LogP) is 2.24. The molecule has 2 aliphatic rings. The first kappa shape index (κ1) is 17.7. The summed E-state index contributed by atoms with van der Waals surface area (Å²) in [6.45, 7) is 3.98. The number of nitrogens with one attached hydrogen (secondary N) is 1. The molecule has 3 rings (SSSR count). The van der Waals surface area contributed by atoms with Crippen molar-refractivity contribution >= 4 is 11.9 Å². The lowest BCUT2D eigenvalue weighted by molar-refractivity contribution is -0.135. The average molecular weight is 346 g/mol. The molecule has 1 aliphatic carbocycles. The van der Waals surface area contributed by atoms with E-state index in [9.17, 15) is 14.7 Å². The Labute approximate surface area is 148 Å². The van der Waals surface area contributed by atoms with E-state index in [1.54, 1.807) is 0 Å². The van der Waals surface area contributed by atoms with Crippen molar-refractivity contribution in [2.24, 2.45) is 5.92 Å². The molecule has 1 saturated heterocycles. The second-order valence-electron chi connectivity index (χ2n) is 7.24. The zero-order chi connectivity index (χ0) is 18.0. The van der Waals surface area contributed by atoms with Crippen molar-refractivity contribution in [3.8, 4) is 5.75 Å². The topological polar surface area (TPSA) is 78.9 Å². The third kappa shape index (κ3) is 3.49. The van der Waals surface area contributed by atoms with Crippen LogP contribution < -0.4 is 10.1 Å². The Morgan fingerprint density at radius 3 is 2.72 bits per heavy atom. The van der Waals surface area contributed by atoms with Gasteiger partial charge in [0.15, 0.2) is 0 Å². The molecule has 1 spiro atoms. The van der Waals surface area contributed by atoms with Gasteiger partial charge in [-0.25, -0.2) is 4.79 Å². The molecule has 3 amide bonds. The molecule has 2 N–H and O–H groups in total. The van der Waals surface area contributed by atoms with Gasteiger partial charge in [0, 0.05) is 0 Å². The fourth-order valence-corrected chi connectivity index (χ4v) is 3.75. The number of urea groups is 1. The third-order valence-corrected chi connectivity index (χ3v) is 5.36. The molecule has 1 heterocycles. The molecule has 136 valence electrons. The molecule has 1 aromatic carbocycles. The van der Waals surface area contributed by atoms with E-state index in [4.69, 9.17) is 4.74 Å². The van der Waals surface area contributed by atoms with Gasteiger partial charge in [0.05, 0.1) is 6.54 Å². The molecule has 6 nitrogen and oxygen atoms in total. The third-order valence-electron chi connectivity index (χ3n) is 5.36. The van der Waals surface area contributed by atoms with E-state index in [0.717, 1.165) is 29.7 Å². The van der Waals surface area contributed by atoms with E-state index >= 15 is 0 Å². The number of nitrogens with zero attached hydrogens (tertiary/aromatic N) is 1. The van der Waals surface area contributed by atoms with Crippen LogP contribution in [0.25, 0.3) is 0 Å². The molecule has 0 bridgehead atoms. The SMILES string of the molecule is Cc1ccc(OC[C@H](O)CN2C(=O)N[C@@]3(CCCC[C@H]3C)C2=O)cc1. The number of aliphatic hydroxyl groups excluding tert-OH is 1. The van der Waals surface area contributed by atoms with Gasteiger partial charge >= 0.3 is 6.03 Å². The van der Waals surface area contributed by atoms with E-state index < -0.39 is 17.7 Å². The molecule has 1 aromatic rings. The normalized spacial score (nSPS) is 27.5. The first-order valence-electron chi connectivity index (χ1n) is 8.94. The molecule has 6 heteroatoms. The van der Waals surface area contributed by atoms with Gasteiger partial charge in [-0.05, 0) is 37.8 Å². The lowest BCUT2D eigenvalue weighted by Crippen LogP contribution is -2.54. The van der Waals surface area contributed by atoms with E-state index in [1.807, 2.05) is 38.1 Å². The maximum atomic E-state index is 12.8. The van der Waals surface area contributed by atoms with Gasteiger partial charge in [0.1, 0.15) is 24.0 Å². The van der Waals surface area contributed by atoms with Gasteiger partial charge in [-0.1, -0.05) is 37.5 Å². The van der Waals surface area contributed by atoms with Crippen LogP contribution in [0.3, 0.4) is 0 Å². The summed E-state index contributed by atoms with van der Waals surface area (Å²) in [5.74, 6) is 0.557. The smallest absolute Gasteiger partial charge is 0.325 e. The van der Waals surface area contributed by atoms with Crippen LogP contribution in [-0.2, 0) is 4.79 Å². The first-order valence-corrected chi connectivity index (χ1v) is 8.94. The highest BCUT2D eigenvalue weighted by Crippen LogP contribution is 2.38. The number of ether oxygens (including phenoxy) is 1. The van der Waals surface area contributed by atoms with Gasteiger partial charge in [-0.2, -0.15) is 0 Å². The zero-order valence-electron chi connectivity index (χ0n) is 14.8. The summed E-state index contributed by atoms with van der Waals surface area (Å²) < 4.78 is 5.54. The van der Waals surface area contributed by atoms with Gasteiger partial charge in [-0.3, -0.25) is 9.69 Å². The second kappa shape index (κ2) is 7.04. The number of carbonyl (C=O) groups excluding carboxylic acids is 2. The Balaban J connectivity index is 1.59. The number of benzene rings is 1. The van der Waals surface area contributed by atoms with Gasteiger partial charge in [0.2, 0.25) is 0 Å². The number of hydrogen-bond acceptors (Lipinski definition) is 4. The predicted molar refractivity (Wildman–Crippen MR) is 93.3 cm³/mol. The summed E-state index contributed by atoms with van der Waals surface area (Å²) in [6, 6.07) is 7.09. The van der Waals surface area contributed by atoms with E-state index in [-0.39, 0.29) is 25.0 Å². The van der Waals surface area contributed by atoms with Crippen LogP contribution >= 0.6 is 0 Å². The Morgan fingerprint density at radius 2 is 2.04 bits per heavy atom. The highest BCUT2D eigenvalue weighted by atomic mass is 16.5. The van der Waals surface area contributed by atoms with Crippen molar-refractivity contribution in [3.63, 3.8) is 0 Å². The van der Waals surface area contributed by atoms with Crippen LogP contribution in [0.5, 0.6) is 5.75 Å². The van der Waals surface area contributed by atoms with Crippen LogP contribution in [0.15, 0.2) is 24.3 Å². The number of carbonyl (C=O) groups is 2. The zero-order valence-corrected chi connectivity index (χ0v) is 14.8. The second-order valence-corrected chi connectivity index (χ2v) is 7.24. The fourth-order valence-electron chi connectivity index (χ4n) is 3.75. The van der Waals surface area contributed by atoms with E-state index in [0.29, 0.717) is 12.2 Å². The molecule has 0 unspecified atom stereocenters. The summed E-state index contributed by atoms with van der Waals surface area (Å²) in [5.41, 5.74) is 0.339. The minimum absolute atomic E-state index is 0.0304. The maximum Gasteiger partial charge on any atom is 0.325 e. The van der Waals surface area contributed by atoms with Crippen LogP contribution in [0.2, 0.25) is 0 Å². The Morgan fingerprint density at radius 1 is 1.32 bits per heavy atom. The van der Waals surface area contributed by atoms with Crippen LogP contribution in [-0.4, -0.2) is 46.7 Å². The Hall–Kier alpha value is -2.08. The van der Waals surface area contributed by atoms with Gasteiger partial charge in [-0.15, -0.1) is 0 Å². The van der Waals surface area contributed by atoms with Crippen molar-refractivity contribution < 1.29 is 19.4 Å². The summed E-state index contributed by atoms with van der Waals surface area (Å²) in [4.78, 5) is 26.3. The molecule has 2 fully saturated rings. The van der Waals surface area contributed by atoms with E-state index in [2.05, 4.69) is 5.32 Å². The van der Waals surface area contributed by atoms with Crippen LogP contribution in [0, 0.1) is 12.8 Å². The lowest BCUT2D eigenvalue weighted by Gasteiger charge is -2.36. The summed E-state index contributed by atoms with van der Waals surface area (Å²) in [7, 11) is 0. The largest absolute Gasteiger partial charge is 0.491 e. The van der Waals surface area contributed by atoms with Gasteiger partial charge in [0.25, 0.3) is 5.91 Å². The lowest BCUT2D eigenvalue weighted by atomic mass is 9.73. The standard InChI is InChI=1S/C19H26N2O4/c1-13-6-8-16(9-7-13)25-12-15(22)11-21-17(23)19(20-18(21)24)10-4-3-5-14(19)2/h6-9,14-15,22H,3-5,10-12H2,1-2H3,(H,20,24)/t14-,15-,19-/m1/s1. The minimum atomic E-state index is -0.926. The number of β-amino-alcohol motifs (C(OH)–C–C–N with tert-alkyl or cyclic N) is 1. The molecule has 25 heavy (non-hydrogen) atoms. The number of aryl methyl sites for hydroxylation is 1. The molecular formula is C19H26N2O4. The monoisotopic (exact) mass is 346 g/mol. The molecular weight excluding hydrogens is 320 g/mol. The molecule has 0 aromatic heterocycles. The van der Waals surface area contributed by atoms with E-state index in [1.165, 1.54) is 0 Å². The number of aliphatic hydroxyl groups is 1. The molecule has 3 atom stereocenters. The molecule has 0 radical (unpaired) electrons. The van der Waals surface area contributed by atoms with Gasteiger partial charge < -0.3 is 15.2 Å². The number of imide groups is 1. The van der Waals surface area contributed by atoms with Crippen molar-refractivity contribution in [2.45, 2.75) is 51.2 Å². The minimum Gasteiger partial charge on any atom is -0.491 e. The number of hydrogen-bond donors (Lipinski definition) is 2. The quantitative estimate of drug-likeness (QED) is 0.802. The van der Waals surface area contributed by atoms with Crippen LogP contribution in [0.1, 0.15) is 38.2 Å². The van der Waals surface area contributed by atoms with Crippen molar-refractivity contribution in [3.05, 3.63) is 29.8 Å². The molecule has 1 saturated carbocycles. The van der Waals surface area contributed by atoms with Crippen molar-refractivity contribution in [2.75, 3.05) is 13.2 Å². The highest BCUT2D eigenvalue weighted by molar-refractivity contribution is 6.07. The van der Waals surface area contributed by atoms with Crippen molar-refractivity contribution in [1.82, 2.24) is 10.2 Å². The Bertz CT molecular complexity index is 645. The maximum absolute atomic E-state index is 12.8. The summed E-state index contributed by atoms with van der Waals surface area (Å²) in [6.07, 6.45) is 2.69. The highest BCUT2D eigenvalue weighted by Gasteiger charge is 2.54. The molecule has 1 aliphatic heterocycles. The number of rotatable bonds is 5. The Kier molecular flexibility index (Phi) is 4.99. The van der Waals surface area contributed by atoms with Crippen LogP contribution in [0.4, 0.5) is 4.79 Å². The fraction of sp³-hybridized carbons (Fsp3) is 0.579. The van der Waals surface area contributed by atoms with Crippen molar-refractivity contribution in [1.29, 1.82) is 0 Å². The number of amides is 3.